The predicted octanol–water partition coefficient (Wildman–Crippen LogP) is 2.01. The van der Waals surface area contributed by atoms with Crippen LogP contribution in [0.1, 0.15) is 16.8 Å². The molecule has 7 nitrogen and oxygen atoms in total. The molecule has 2 aromatic rings. The molecule has 0 fully saturated rings. The molecule has 2 amide bonds. The van der Waals surface area contributed by atoms with Crippen molar-refractivity contribution in [3.8, 4) is 5.75 Å². The largest absolute Gasteiger partial charge is 0.496 e. The molecule has 0 saturated carbocycles. The quantitative estimate of drug-likeness (QED) is 0.696. The molecule has 0 aromatic heterocycles. The Hall–Kier alpha value is -2.94. The summed E-state index contributed by atoms with van der Waals surface area (Å²) in [7, 11) is -1.94. The van der Waals surface area contributed by atoms with Crippen LogP contribution in [0.2, 0.25) is 0 Å². The lowest BCUT2D eigenvalue weighted by Gasteiger charge is -2.19. The van der Waals surface area contributed by atoms with Crippen molar-refractivity contribution in [3.63, 3.8) is 0 Å². The molecule has 0 saturated heterocycles. The average molecular weight is 408 g/mol. The molecule has 9 heteroatoms. The normalized spacial score (nSPS) is 12.1. The molecular formula is C19H21FN2O5S. The van der Waals surface area contributed by atoms with Crippen molar-refractivity contribution in [3.05, 3.63) is 59.9 Å². The van der Waals surface area contributed by atoms with E-state index in [1.165, 1.54) is 37.4 Å². The number of anilines is 1. The van der Waals surface area contributed by atoms with Crippen molar-refractivity contribution in [2.45, 2.75) is 12.5 Å². The maximum atomic E-state index is 13.0. The van der Waals surface area contributed by atoms with E-state index in [1.807, 2.05) is 0 Å². The second-order valence-corrected chi connectivity index (χ2v) is 8.40. The molecule has 0 aliphatic carbocycles. The number of ether oxygens (including phenoxy) is 1. The summed E-state index contributed by atoms with van der Waals surface area (Å²) in [6.45, 7) is 0. The first-order valence-electron chi connectivity index (χ1n) is 8.37. The predicted molar refractivity (Wildman–Crippen MR) is 104 cm³/mol. The fourth-order valence-corrected chi connectivity index (χ4v) is 3.10. The Morgan fingerprint density at radius 3 is 2.36 bits per heavy atom. The molecule has 0 aliphatic rings. The molecular weight excluding hydrogens is 387 g/mol. The standard InChI is InChI=1S/C19H21FN2O5S/c1-27-17-6-4-3-5-15(17)18(23)22-16(11-12-28(2,25)26)19(24)21-14-9-7-13(20)8-10-14/h3-10,16H,11-12H2,1-2H3,(H,21,24)(H,22,23)/t16-/m1/s1. The topological polar surface area (TPSA) is 102 Å². The Kier molecular flexibility index (Phi) is 7.11. The Bertz CT molecular complexity index is 945. The average Bonchev–Trinajstić information content (AvgIpc) is 2.65. The van der Waals surface area contributed by atoms with Gasteiger partial charge in [-0.2, -0.15) is 0 Å². The number of rotatable bonds is 8. The van der Waals surface area contributed by atoms with Gasteiger partial charge in [0.15, 0.2) is 0 Å². The van der Waals surface area contributed by atoms with Gasteiger partial charge in [-0.15, -0.1) is 0 Å². The van der Waals surface area contributed by atoms with Gasteiger partial charge in [0.1, 0.15) is 27.4 Å². The van der Waals surface area contributed by atoms with Gasteiger partial charge >= 0.3 is 0 Å². The third-order valence-electron chi connectivity index (χ3n) is 3.86. The van der Waals surface area contributed by atoms with Crippen molar-refractivity contribution in [2.75, 3.05) is 24.4 Å². The van der Waals surface area contributed by atoms with E-state index < -0.39 is 33.5 Å². The Labute approximate surface area is 162 Å². The fraction of sp³-hybridized carbons (Fsp3) is 0.263. The summed E-state index contributed by atoms with van der Waals surface area (Å²) in [4.78, 5) is 25.2. The number of para-hydroxylation sites is 1. The van der Waals surface area contributed by atoms with Crippen LogP contribution < -0.4 is 15.4 Å². The molecule has 0 heterocycles. The van der Waals surface area contributed by atoms with Crippen molar-refractivity contribution in [2.24, 2.45) is 0 Å². The van der Waals surface area contributed by atoms with E-state index in [4.69, 9.17) is 4.74 Å². The van der Waals surface area contributed by atoms with E-state index >= 15 is 0 Å². The number of amides is 2. The molecule has 0 aliphatic heterocycles. The summed E-state index contributed by atoms with van der Waals surface area (Å²) >= 11 is 0. The van der Waals surface area contributed by atoms with Gasteiger partial charge in [0.2, 0.25) is 5.91 Å². The van der Waals surface area contributed by atoms with Gasteiger partial charge in [-0.05, 0) is 42.8 Å². The summed E-state index contributed by atoms with van der Waals surface area (Å²) in [5.74, 6) is -1.62. The molecule has 2 aromatic carbocycles. The molecule has 0 radical (unpaired) electrons. The van der Waals surface area contributed by atoms with Crippen molar-refractivity contribution in [1.82, 2.24) is 5.32 Å². The number of carbonyl (C=O) groups excluding carboxylic acids is 2. The summed E-state index contributed by atoms with van der Waals surface area (Å²) < 4.78 is 41.2. The van der Waals surface area contributed by atoms with Crippen LogP contribution in [-0.4, -0.2) is 45.4 Å². The number of carbonyl (C=O) groups is 2. The summed E-state index contributed by atoms with van der Waals surface area (Å²) in [6, 6.07) is 10.4. The van der Waals surface area contributed by atoms with Crippen molar-refractivity contribution in [1.29, 1.82) is 0 Å². The molecule has 28 heavy (non-hydrogen) atoms. The Morgan fingerprint density at radius 2 is 1.75 bits per heavy atom. The monoisotopic (exact) mass is 408 g/mol. The fourth-order valence-electron chi connectivity index (χ4n) is 2.43. The first kappa shape index (κ1) is 21.4. The van der Waals surface area contributed by atoms with Gasteiger partial charge in [0, 0.05) is 11.9 Å². The van der Waals surface area contributed by atoms with E-state index in [2.05, 4.69) is 10.6 Å². The third kappa shape index (κ3) is 6.34. The maximum Gasteiger partial charge on any atom is 0.255 e. The molecule has 0 spiro atoms. The van der Waals surface area contributed by atoms with E-state index in [9.17, 15) is 22.4 Å². The second kappa shape index (κ2) is 9.32. The Balaban J connectivity index is 2.19. The van der Waals surface area contributed by atoms with E-state index in [0.717, 1.165) is 6.26 Å². The maximum absolute atomic E-state index is 13.0. The number of methoxy groups -OCH3 is 1. The molecule has 0 bridgehead atoms. The lowest BCUT2D eigenvalue weighted by Crippen LogP contribution is -2.44. The number of benzene rings is 2. The van der Waals surface area contributed by atoms with Gasteiger partial charge in [-0.1, -0.05) is 12.1 Å². The summed E-state index contributed by atoms with van der Waals surface area (Å²) in [5.41, 5.74) is 0.534. The van der Waals surface area contributed by atoms with Crippen LogP contribution in [0.5, 0.6) is 5.75 Å². The van der Waals surface area contributed by atoms with Gasteiger partial charge in [-0.25, -0.2) is 12.8 Å². The van der Waals surface area contributed by atoms with Crippen LogP contribution in [0.4, 0.5) is 10.1 Å². The molecule has 1 atom stereocenters. The summed E-state index contributed by atoms with van der Waals surface area (Å²) in [6.07, 6.45) is 0.927. The van der Waals surface area contributed by atoms with Crippen molar-refractivity contribution < 1.29 is 27.1 Å². The number of hydrogen-bond acceptors (Lipinski definition) is 5. The first-order chi connectivity index (χ1) is 13.2. The van der Waals surface area contributed by atoms with Crippen LogP contribution in [0, 0.1) is 5.82 Å². The lowest BCUT2D eigenvalue weighted by molar-refractivity contribution is -0.118. The molecule has 2 rings (SSSR count). The van der Waals surface area contributed by atoms with E-state index in [1.54, 1.807) is 18.2 Å². The van der Waals surface area contributed by atoms with Crippen LogP contribution in [-0.2, 0) is 14.6 Å². The van der Waals surface area contributed by atoms with Crippen LogP contribution in [0.15, 0.2) is 48.5 Å². The second-order valence-electron chi connectivity index (χ2n) is 6.14. The molecule has 0 unspecified atom stereocenters. The minimum atomic E-state index is -3.35. The highest BCUT2D eigenvalue weighted by atomic mass is 32.2. The first-order valence-corrected chi connectivity index (χ1v) is 10.4. The highest BCUT2D eigenvalue weighted by molar-refractivity contribution is 7.90. The van der Waals surface area contributed by atoms with Gasteiger partial charge < -0.3 is 15.4 Å². The van der Waals surface area contributed by atoms with Gasteiger partial charge in [0.25, 0.3) is 5.91 Å². The highest BCUT2D eigenvalue weighted by Crippen LogP contribution is 2.17. The van der Waals surface area contributed by atoms with Gasteiger partial charge in [0.05, 0.1) is 18.4 Å². The highest BCUT2D eigenvalue weighted by Gasteiger charge is 2.24. The van der Waals surface area contributed by atoms with E-state index in [0.29, 0.717) is 11.4 Å². The third-order valence-corrected chi connectivity index (χ3v) is 4.84. The zero-order valence-corrected chi connectivity index (χ0v) is 16.3. The Morgan fingerprint density at radius 1 is 1.11 bits per heavy atom. The smallest absolute Gasteiger partial charge is 0.255 e. The van der Waals surface area contributed by atoms with Gasteiger partial charge in [-0.3, -0.25) is 9.59 Å². The molecule has 2 N–H and O–H groups in total. The zero-order chi connectivity index (χ0) is 20.7. The zero-order valence-electron chi connectivity index (χ0n) is 15.4. The van der Waals surface area contributed by atoms with Crippen LogP contribution in [0.3, 0.4) is 0 Å². The van der Waals surface area contributed by atoms with Crippen LogP contribution in [0.25, 0.3) is 0 Å². The minimum absolute atomic E-state index is 0.118. The lowest BCUT2D eigenvalue weighted by atomic mass is 10.1. The summed E-state index contributed by atoms with van der Waals surface area (Å²) in [5, 5.41) is 5.09. The number of halogens is 1. The number of nitrogens with one attached hydrogen (secondary N) is 2. The number of hydrogen-bond donors (Lipinski definition) is 2. The van der Waals surface area contributed by atoms with Crippen molar-refractivity contribution >= 4 is 27.3 Å². The molecule has 150 valence electrons. The number of sulfone groups is 1. The minimum Gasteiger partial charge on any atom is -0.496 e. The van der Waals surface area contributed by atoms with E-state index in [-0.39, 0.29) is 17.7 Å². The SMILES string of the molecule is COc1ccccc1C(=O)N[C@H](CCS(C)(=O)=O)C(=O)Nc1ccc(F)cc1. The van der Waals surface area contributed by atoms with Crippen LogP contribution >= 0.6 is 0 Å².